The highest BCUT2D eigenvalue weighted by molar-refractivity contribution is 5.85. The topological polar surface area (TPSA) is 112 Å². The Labute approximate surface area is 206 Å². The maximum absolute atomic E-state index is 12.8. The van der Waals surface area contributed by atoms with Crippen LogP contribution in [0.2, 0.25) is 0 Å². The number of hydrogen-bond donors (Lipinski definition) is 1. The molecule has 2 bridgehead atoms. The molecule has 0 spiro atoms. The van der Waals surface area contributed by atoms with Crippen molar-refractivity contribution < 1.29 is 38.4 Å². The normalized spacial score (nSPS) is 37.5. The molecule has 9 nitrogen and oxygen atoms in total. The van der Waals surface area contributed by atoms with Crippen LogP contribution in [0.15, 0.2) is 36.5 Å². The first-order valence-corrected chi connectivity index (χ1v) is 12.3. The van der Waals surface area contributed by atoms with E-state index in [0.717, 1.165) is 6.42 Å². The zero-order valence-electron chi connectivity index (χ0n) is 20.7. The van der Waals surface area contributed by atoms with Crippen molar-refractivity contribution in [2.45, 2.75) is 70.0 Å². The molecular weight excluding hydrogens is 454 g/mol. The number of amides is 1. The van der Waals surface area contributed by atoms with Crippen molar-refractivity contribution in [1.82, 2.24) is 4.90 Å². The van der Waals surface area contributed by atoms with Crippen LogP contribution in [-0.2, 0) is 33.3 Å². The number of hydrogen-bond acceptors (Lipinski definition) is 8. The Morgan fingerprint density at radius 2 is 1.71 bits per heavy atom. The van der Waals surface area contributed by atoms with E-state index in [4.69, 9.17) is 18.9 Å². The maximum Gasteiger partial charge on any atom is 0.328 e. The Bertz CT molecular complexity index is 837. The molecule has 0 saturated carbocycles. The lowest BCUT2D eigenvalue weighted by Gasteiger charge is -2.32. The Kier molecular flexibility index (Phi) is 10.1. The van der Waals surface area contributed by atoms with Crippen LogP contribution < -0.4 is 0 Å². The number of carbonyl (C=O) groups is 3. The van der Waals surface area contributed by atoms with Gasteiger partial charge in [-0.2, -0.15) is 0 Å². The van der Waals surface area contributed by atoms with Crippen LogP contribution in [0.5, 0.6) is 0 Å². The van der Waals surface area contributed by atoms with Crippen LogP contribution in [-0.4, -0.2) is 85.2 Å². The second-order valence-electron chi connectivity index (χ2n) is 9.33. The minimum absolute atomic E-state index is 0.0840. The average Bonchev–Trinajstić information content (AvgIpc) is 3.33. The van der Waals surface area contributed by atoms with Crippen molar-refractivity contribution in [3.8, 4) is 0 Å². The fourth-order valence-electron chi connectivity index (χ4n) is 4.46. The average molecular weight is 492 g/mol. The quantitative estimate of drug-likeness (QED) is 0.438. The van der Waals surface area contributed by atoms with Crippen molar-refractivity contribution in [1.29, 1.82) is 0 Å². The third kappa shape index (κ3) is 7.49. The minimum atomic E-state index is -0.908. The first kappa shape index (κ1) is 27.1. The number of rotatable bonds is 1. The number of carbonyl (C=O) groups excluding carboxylic acids is 3. The largest absolute Gasteiger partial charge is 0.463 e. The van der Waals surface area contributed by atoms with E-state index >= 15 is 0 Å². The molecule has 3 rings (SSSR count). The van der Waals surface area contributed by atoms with Crippen LogP contribution in [0.4, 0.5) is 0 Å². The number of esters is 2. The van der Waals surface area contributed by atoms with E-state index in [9.17, 15) is 19.5 Å². The van der Waals surface area contributed by atoms with Gasteiger partial charge >= 0.3 is 11.9 Å². The summed E-state index contributed by atoms with van der Waals surface area (Å²) in [5.74, 6) is -1.17. The highest BCUT2D eigenvalue weighted by Crippen LogP contribution is 2.23. The molecule has 0 aromatic heterocycles. The minimum Gasteiger partial charge on any atom is -0.463 e. The van der Waals surface area contributed by atoms with Gasteiger partial charge in [-0.15, -0.1) is 0 Å². The summed E-state index contributed by atoms with van der Waals surface area (Å²) in [6.07, 6.45) is 9.80. The number of methoxy groups -OCH3 is 1. The van der Waals surface area contributed by atoms with Gasteiger partial charge in [0.05, 0.1) is 18.6 Å². The Morgan fingerprint density at radius 3 is 2.49 bits per heavy atom. The lowest BCUT2D eigenvalue weighted by atomic mass is 9.99. The highest BCUT2D eigenvalue weighted by atomic mass is 16.6. The maximum atomic E-state index is 12.8. The smallest absolute Gasteiger partial charge is 0.328 e. The molecule has 3 heterocycles. The molecule has 0 aliphatic carbocycles. The van der Waals surface area contributed by atoms with Crippen molar-refractivity contribution in [3.05, 3.63) is 36.5 Å². The van der Waals surface area contributed by atoms with Crippen LogP contribution in [0.25, 0.3) is 0 Å². The summed E-state index contributed by atoms with van der Waals surface area (Å²) in [4.78, 5) is 39.3. The van der Waals surface area contributed by atoms with Crippen molar-refractivity contribution in [3.63, 3.8) is 0 Å². The van der Waals surface area contributed by atoms with Crippen molar-refractivity contribution >= 4 is 17.8 Å². The van der Waals surface area contributed by atoms with E-state index in [1.54, 1.807) is 36.3 Å². The molecule has 1 amide bonds. The molecule has 35 heavy (non-hydrogen) atoms. The first-order valence-electron chi connectivity index (χ1n) is 12.3. The number of aliphatic hydroxyl groups excluding tert-OH is 1. The van der Waals surface area contributed by atoms with Gasteiger partial charge in [0.2, 0.25) is 5.91 Å². The molecule has 3 aliphatic rings. The SMILES string of the molecule is CO[C@@H]1COC(=O)C/C=C/[C@@H](C)[C@@H]2C=C[C@H](O)[C@@H](COC(=O)[C@@H]3CCCN3C(=O)C/C=C/[C@H]1C)O2. The van der Waals surface area contributed by atoms with Gasteiger partial charge in [-0.1, -0.05) is 50.3 Å². The number of nitrogens with zero attached hydrogens (tertiary/aromatic N) is 1. The predicted molar refractivity (Wildman–Crippen MR) is 127 cm³/mol. The van der Waals surface area contributed by atoms with Gasteiger partial charge in [-0.05, 0) is 12.8 Å². The molecular formula is C26H37NO8. The molecule has 0 radical (unpaired) electrons. The first-order chi connectivity index (χ1) is 16.8. The fourth-order valence-corrected chi connectivity index (χ4v) is 4.46. The third-order valence-electron chi connectivity index (χ3n) is 6.72. The van der Waals surface area contributed by atoms with Gasteiger partial charge in [0.15, 0.2) is 0 Å². The summed E-state index contributed by atoms with van der Waals surface area (Å²) in [6.45, 7) is 4.35. The van der Waals surface area contributed by atoms with Crippen LogP contribution in [0.3, 0.4) is 0 Å². The molecule has 0 aromatic carbocycles. The zero-order valence-corrected chi connectivity index (χ0v) is 20.7. The zero-order chi connectivity index (χ0) is 25.4. The van der Waals surface area contributed by atoms with Crippen molar-refractivity contribution in [2.24, 2.45) is 11.8 Å². The molecule has 0 aromatic rings. The van der Waals surface area contributed by atoms with Gasteiger partial charge in [-0.3, -0.25) is 9.59 Å². The lowest BCUT2D eigenvalue weighted by molar-refractivity contribution is -0.161. The van der Waals surface area contributed by atoms with Gasteiger partial charge < -0.3 is 29.0 Å². The molecule has 7 atom stereocenters. The Balaban J connectivity index is 1.75. The highest BCUT2D eigenvalue weighted by Gasteiger charge is 2.36. The van der Waals surface area contributed by atoms with Crippen molar-refractivity contribution in [2.75, 3.05) is 26.9 Å². The standard InChI is InChI=1S/C26H37NO8/c1-17-8-5-11-25(30)33-15-22(32-3)18(2)7-4-10-24(29)27-14-6-9-19(27)26(31)34-16-23-20(28)12-13-21(17)35-23/h4-5,7-8,12-13,17-23,28H,6,9-11,14-16H2,1-3H3/b7-4+,8-5+/t17-,18-,19+,20+,21+,22-,23-/m1/s1. The Hall–Kier alpha value is -2.49. The number of cyclic esters (lactones) is 2. The molecule has 9 heteroatoms. The number of fused-ring (bicyclic) bond motifs is 3. The van der Waals surface area contributed by atoms with E-state index in [1.807, 2.05) is 26.0 Å². The Morgan fingerprint density at radius 1 is 0.971 bits per heavy atom. The van der Waals surface area contributed by atoms with Crippen LogP contribution in [0.1, 0.15) is 39.5 Å². The van der Waals surface area contributed by atoms with E-state index in [-0.39, 0.29) is 62.0 Å². The molecule has 3 aliphatic heterocycles. The number of ether oxygens (including phenoxy) is 4. The fraction of sp³-hybridized carbons (Fsp3) is 0.654. The van der Waals surface area contributed by atoms with E-state index in [1.165, 1.54) is 0 Å². The summed E-state index contributed by atoms with van der Waals surface area (Å²) in [7, 11) is 1.55. The monoisotopic (exact) mass is 491 g/mol. The summed E-state index contributed by atoms with van der Waals surface area (Å²) in [5, 5.41) is 10.3. The molecule has 0 unspecified atom stereocenters. The second-order valence-corrected chi connectivity index (χ2v) is 9.33. The predicted octanol–water partition coefficient (Wildman–Crippen LogP) is 1.94. The van der Waals surface area contributed by atoms with E-state index in [2.05, 4.69) is 0 Å². The lowest BCUT2D eigenvalue weighted by Crippen LogP contribution is -2.44. The number of aliphatic hydroxyl groups is 1. The molecule has 1 fully saturated rings. The van der Waals surface area contributed by atoms with E-state index < -0.39 is 24.2 Å². The third-order valence-corrected chi connectivity index (χ3v) is 6.72. The molecule has 194 valence electrons. The summed E-state index contributed by atoms with van der Waals surface area (Å²) < 4.78 is 22.3. The van der Waals surface area contributed by atoms with E-state index in [0.29, 0.717) is 13.0 Å². The molecule has 1 saturated heterocycles. The molecule has 1 N–H and O–H groups in total. The van der Waals surface area contributed by atoms with Crippen LogP contribution >= 0.6 is 0 Å². The summed E-state index contributed by atoms with van der Waals surface area (Å²) in [5.41, 5.74) is 0. The van der Waals surface area contributed by atoms with Crippen LogP contribution in [0, 0.1) is 11.8 Å². The van der Waals surface area contributed by atoms with Gasteiger partial charge in [-0.25, -0.2) is 4.79 Å². The second kappa shape index (κ2) is 13.0. The summed E-state index contributed by atoms with van der Waals surface area (Å²) in [6, 6.07) is -0.637. The van der Waals surface area contributed by atoms with Gasteiger partial charge in [0, 0.05) is 31.9 Å². The summed E-state index contributed by atoms with van der Waals surface area (Å²) >= 11 is 0. The van der Waals surface area contributed by atoms with Gasteiger partial charge in [0.25, 0.3) is 0 Å². The van der Waals surface area contributed by atoms with Gasteiger partial charge in [0.1, 0.15) is 31.5 Å².